The third-order valence-corrected chi connectivity index (χ3v) is 5.92. The molecule has 4 heterocycles. The molecule has 1 aromatic heterocycles. The predicted molar refractivity (Wildman–Crippen MR) is 85.8 cm³/mol. The number of fused-ring (bicyclic) bond motifs is 2. The molecule has 5 atom stereocenters. The maximum atomic E-state index is 13.0. The number of hydrogen-bond donors (Lipinski definition) is 1. The summed E-state index contributed by atoms with van der Waals surface area (Å²) in [6, 6.07) is 1.43. The number of rotatable bonds is 3. The molecular formula is C17H25FN4O. The van der Waals surface area contributed by atoms with Crippen LogP contribution in [0.1, 0.15) is 32.1 Å². The van der Waals surface area contributed by atoms with Gasteiger partial charge in [-0.3, -0.25) is 0 Å². The van der Waals surface area contributed by atoms with Gasteiger partial charge in [0.25, 0.3) is 0 Å². The summed E-state index contributed by atoms with van der Waals surface area (Å²) in [6.07, 6.45) is 9.02. The quantitative estimate of drug-likeness (QED) is 0.923. The smallest absolute Gasteiger partial charge is 0.225 e. The number of nitrogens with zero attached hydrogens (tertiary/aromatic N) is 3. The van der Waals surface area contributed by atoms with E-state index >= 15 is 0 Å². The van der Waals surface area contributed by atoms with Gasteiger partial charge in [-0.25, -0.2) is 14.4 Å². The van der Waals surface area contributed by atoms with Gasteiger partial charge in [0.05, 0.1) is 18.5 Å². The second-order valence-corrected chi connectivity index (χ2v) is 7.24. The van der Waals surface area contributed by atoms with Gasteiger partial charge in [-0.2, -0.15) is 0 Å². The van der Waals surface area contributed by atoms with Crippen LogP contribution >= 0.6 is 0 Å². The maximum absolute atomic E-state index is 13.0. The largest absolute Gasteiger partial charge is 0.379 e. The van der Waals surface area contributed by atoms with E-state index in [1.54, 1.807) is 0 Å². The Morgan fingerprint density at radius 3 is 2.52 bits per heavy atom. The number of hydrogen-bond acceptors (Lipinski definition) is 5. The van der Waals surface area contributed by atoms with Crippen molar-refractivity contribution < 1.29 is 9.13 Å². The first-order chi connectivity index (χ1) is 11.2. The first kappa shape index (κ1) is 15.3. The molecule has 0 saturated carbocycles. The third kappa shape index (κ3) is 3.06. The van der Waals surface area contributed by atoms with Crippen molar-refractivity contribution in [2.45, 2.75) is 50.3 Å². The fourth-order valence-electron chi connectivity index (χ4n) is 4.82. The lowest BCUT2D eigenvalue weighted by atomic mass is 9.75. The molecule has 3 fully saturated rings. The third-order valence-electron chi connectivity index (χ3n) is 5.92. The zero-order valence-electron chi connectivity index (χ0n) is 13.6. The number of anilines is 1. The van der Waals surface area contributed by atoms with E-state index in [1.165, 1.54) is 38.1 Å². The van der Waals surface area contributed by atoms with E-state index in [2.05, 4.69) is 20.2 Å². The molecule has 1 aromatic rings. The minimum Gasteiger partial charge on any atom is -0.379 e. The molecule has 126 valence electrons. The maximum Gasteiger partial charge on any atom is 0.225 e. The highest BCUT2D eigenvalue weighted by molar-refractivity contribution is 5.30. The summed E-state index contributed by atoms with van der Waals surface area (Å²) in [7, 11) is 1.81. The van der Waals surface area contributed by atoms with E-state index in [-0.39, 0.29) is 6.10 Å². The highest BCUT2D eigenvalue weighted by Gasteiger charge is 2.41. The summed E-state index contributed by atoms with van der Waals surface area (Å²) in [4.78, 5) is 10.4. The molecule has 0 amide bonds. The lowest BCUT2D eigenvalue weighted by molar-refractivity contribution is 0.00470. The van der Waals surface area contributed by atoms with Crippen LogP contribution in [0.3, 0.4) is 0 Å². The number of aromatic nitrogens is 2. The van der Waals surface area contributed by atoms with Gasteiger partial charge in [0.1, 0.15) is 0 Å². The van der Waals surface area contributed by atoms with Crippen molar-refractivity contribution in [3.05, 3.63) is 18.2 Å². The second-order valence-electron chi connectivity index (χ2n) is 7.24. The molecule has 6 heteroatoms. The van der Waals surface area contributed by atoms with E-state index in [9.17, 15) is 4.39 Å². The average molecular weight is 320 g/mol. The van der Waals surface area contributed by atoms with E-state index in [4.69, 9.17) is 4.74 Å². The zero-order chi connectivity index (χ0) is 15.8. The van der Waals surface area contributed by atoms with E-state index in [1.807, 2.05) is 7.11 Å². The van der Waals surface area contributed by atoms with Crippen LogP contribution in [-0.2, 0) is 4.74 Å². The Balaban J connectivity index is 1.44. The van der Waals surface area contributed by atoms with Gasteiger partial charge in [-0.1, -0.05) is 0 Å². The molecule has 23 heavy (non-hydrogen) atoms. The fraction of sp³-hybridized carbons (Fsp3) is 0.765. The lowest BCUT2D eigenvalue weighted by Gasteiger charge is -2.43. The standard InChI is InChI=1S/C17H25FN4O/c1-23-16-10-22(17-19-8-12(18)9-20-17)5-4-15(16)11-6-13-2-3-14(7-11)21-13/h8-9,11,13-16,21H,2-7,10H2,1H3/t11-,13-,14+,15-,16-/m1/s1. The molecule has 3 aliphatic heterocycles. The summed E-state index contributed by atoms with van der Waals surface area (Å²) in [5.41, 5.74) is 0. The zero-order valence-corrected chi connectivity index (χ0v) is 13.6. The second kappa shape index (κ2) is 6.32. The van der Waals surface area contributed by atoms with Crippen molar-refractivity contribution in [1.82, 2.24) is 15.3 Å². The highest BCUT2D eigenvalue weighted by atomic mass is 19.1. The van der Waals surface area contributed by atoms with Gasteiger partial charge in [-0.15, -0.1) is 0 Å². The Morgan fingerprint density at radius 1 is 1.17 bits per heavy atom. The molecule has 4 rings (SSSR count). The predicted octanol–water partition coefficient (Wildman–Crippen LogP) is 1.99. The van der Waals surface area contributed by atoms with Gasteiger partial charge < -0.3 is 15.0 Å². The normalized spacial score (nSPS) is 37.1. The van der Waals surface area contributed by atoms with Crippen LogP contribution in [0.15, 0.2) is 12.4 Å². The molecule has 0 aromatic carbocycles. The summed E-state index contributed by atoms with van der Waals surface area (Å²) in [5.74, 6) is 1.59. The first-order valence-corrected chi connectivity index (χ1v) is 8.74. The Bertz CT molecular complexity index is 528. The summed E-state index contributed by atoms with van der Waals surface area (Å²) < 4.78 is 18.8. The molecule has 0 unspecified atom stereocenters. The Morgan fingerprint density at radius 2 is 1.87 bits per heavy atom. The summed E-state index contributed by atoms with van der Waals surface area (Å²) >= 11 is 0. The topological polar surface area (TPSA) is 50.3 Å². The first-order valence-electron chi connectivity index (χ1n) is 8.74. The van der Waals surface area contributed by atoms with Crippen LogP contribution in [0, 0.1) is 17.7 Å². The van der Waals surface area contributed by atoms with Gasteiger partial charge in [0, 0.05) is 32.3 Å². The number of halogens is 1. The van der Waals surface area contributed by atoms with Crippen molar-refractivity contribution in [2.24, 2.45) is 11.8 Å². The summed E-state index contributed by atoms with van der Waals surface area (Å²) in [6.45, 7) is 1.72. The molecule has 2 bridgehead atoms. The van der Waals surface area contributed by atoms with Crippen molar-refractivity contribution in [3.8, 4) is 0 Å². The molecule has 0 spiro atoms. The average Bonchev–Trinajstić information content (AvgIpc) is 2.93. The highest BCUT2D eigenvalue weighted by Crippen LogP contribution is 2.40. The SMILES string of the molecule is CO[C@@H]1CN(c2ncc(F)cn2)CC[C@@H]1[C@@H]1C[C@H]2CC[C@@H](C1)N2. The minimum atomic E-state index is -0.392. The van der Waals surface area contributed by atoms with Crippen LogP contribution in [0.25, 0.3) is 0 Å². The van der Waals surface area contributed by atoms with Gasteiger partial charge >= 0.3 is 0 Å². The number of methoxy groups -OCH3 is 1. The molecular weight excluding hydrogens is 295 g/mol. The molecule has 0 radical (unpaired) electrons. The monoisotopic (exact) mass is 320 g/mol. The van der Waals surface area contributed by atoms with Gasteiger partial charge in [0.15, 0.2) is 5.82 Å². The molecule has 5 nitrogen and oxygen atoms in total. The Labute approximate surface area is 136 Å². The van der Waals surface area contributed by atoms with Crippen LogP contribution in [0.4, 0.5) is 10.3 Å². The number of piperidine rings is 2. The summed E-state index contributed by atoms with van der Waals surface area (Å²) in [5, 5.41) is 3.73. The van der Waals surface area contributed by atoms with Crippen LogP contribution in [-0.4, -0.2) is 48.4 Å². The van der Waals surface area contributed by atoms with Gasteiger partial charge in [-0.05, 0) is 43.9 Å². The molecule has 0 aliphatic carbocycles. The Hall–Kier alpha value is -1.27. The van der Waals surface area contributed by atoms with Crippen LogP contribution in [0.2, 0.25) is 0 Å². The Kier molecular flexibility index (Phi) is 4.20. The fourth-order valence-corrected chi connectivity index (χ4v) is 4.82. The van der Waals surface area contributed by atoms with Crippen molar-refractivity contribution in [2.75, 3.05) is 25.1 Å². The number of ether oxygens (including phenoxy) is 1. The van der Waals surface area contributed by atoms with Crippen molar-refractivity contribution in [3.63, 3.8) is 0 Å². The van der Waals surface area contributed by atoms with Crippen LogP contribution in [0.5, 0.6) is 0 Å². The van der Waals surface area contributed by atoms with Crippen molar-refractivity contribution >= 4 is 5.95 Å². The van der Waals surface area contributed by atoms with E-state index in [0.717, 1.165) is 37.5 Å². The minimum absolute atomic E-state index is 0.208. The number of nitrogens with one attached hydrogen (secondary N) is 1. The van der Waals surface area contributed by atoms with Gasteiger partial charge in [0.2, 0.25) is 5.95 Å². The van der Waals surface area contributed by atoms with E-state index < -0.39 is 5.82 Å². The lowest BCUT2D eigenvalue weighted by Crippen LogP contribution is -2.50. The molecule has 3 aliphatic rings. The van der Waals surface area contributed by atoms with E-state index in [0.29, 0.717) is 11.9 Å². The molecule has 1 N–H and O–H groups in total. The molecule has 3 saturated heterocycles. The van der Waals surface area contributed by atoms with Crippen LogP contribution < -0.4 is 10.2 Å². The van der Waals surface area contributed by atoms with Crippen molar-refractivity contribution in [1.29, 1.82) is 0 Å².